The molecule has 4 aromatic rings. The Morgan fingerprint density at radius 2 is 1.68 bits per heavy atom. The van der Waals surface area contributed by atoms with Crippen molar-refractivity contribution in [2.75, 3.05) is 7.11 Å². The van der Waals surface area contributed by atoms with Crippen molar-refractivity contribution in [3.05, 3.63) is 112 Å². The van der Waals surface area contributed by atoms with E-state index in [0.717, 1.165) is 28.1 Å². The van der Waals surface area contributed by atoms with Gasteiger partial charge in [0.1, 0.15) is 0 Å². The van der Waals surface area contributed by atoms with Crippen LogP contribution in [-0.4, -0.2) is 29.1 Å². The maximum Gasteiger partial charge on any atom is 0.345 e. The third-order valence-corrected chi connectivity index (χ3v) is 7.12. The molecular weight excluding hydrogens is 510 g/mol. The molecule has 6 nitrogen and oxygen atoms in total. The van der Waals surface area contributed by atoms with Crippen molar-refractivity contribution in [3.63, 3.8) is 0 Å². The number of para-hydroxylation sites is 1. The van der Waals surface area contributed by atoms with Crippen molar-refractivity contribution in [3.8, 4) is 11.5 Å². The normalized spacial score (nSPS) is 14.4. The molecule has 0 radical (unpaired) electrons. The van der Waals surface area contributed by atoms with E-state index in [1.165, 1.54) is 18.1 Å². The summed E-state index contributed by atoms with van der Waals surface area (Å²) in [6.45, 7) is 0.149. The summed E-state index contributed by atoms with van der Waals surface area (Å²) in [4.78, 5) is 40.4. The van der Waals surface area contributed by atoms with E-state index in [1.807, 2.05) is 42.5 Å². The number of amides is 2. The number of rotatable bonds is 6. The Labute approximate surface area is 222 Å². The highest BCUT2D eigenvalue weighted by molar-refractivity contribution is 8.18. The van der Waals surface area contributed by atoms with Crippen LogP contribution in [0.25, 0.3) is 16.8 Å². The lowest BCUT2D eigenvalue weighted by molar-refractivity contribution is -0.123. The molecule has 0 atom stereocenters. The third kappa shape index (κ3) is 4.96. The van der Waals surface area contributed by atoms with Gasteiger partial charge in [-0.25, -0.2) is 4.79 Å². The number of hydrogen-bond donors (Lipinski definition) is 0. The van der Waals surface area contributed by atoms with E-state index >= 15 is 0 Å². The second-order valence-corrected chi connectivity index (χ2v) is 9.55. The van der Waals surface area contributed by atoms with Gasteiger partial charge in [0, 0.05) is 5.56 Å². The first kappa shape index (κ1) is 24.6. The molecule has 8 heteroatoms. The summed E-state index contributed by atoms with van der Waals surface area (Å²) in [5.41, 5.74) is 1.48. The predicted octanol–water partition coefficient (Wildman–Crippen LogP) is 6.96. The smallest absolute Gasteiger partial charge is 0.345 e. The number of hydrogen-bond acceptors (Lipinski definition) is 6. The number of imide groups is 1. The average molecular weight is 530 g/mol. The van der Waals surface area contributed by atoms with Crippen molar-refractivity contribution in [1.82, 2.24) is 4.90 Å². The average Bonchev–Trinajstić information content (AvgIpc) is 3.17. The number of nitrogens with zero attached hydrogens (tertiary/aromatic N) is 1. The van der Waals surface area contributed by atoms with Gasteiger partial charge < -0.3 is 9.47 Å². The van der Waals surface area contributed by atoms with E-state index in [0.29, 0.717) is 11.3 Å². The number of fused-ring (bicyclic) bond motifs is 1. The molecule has 0 N–H and O–H groups in total. The molecule has 184 valence electrons. The summed E-state index contributed by atoms with van der Waals surface area (Å²) in [5, 5.41) is 1.89. The minimum atomic E-state index is -0.672. The molecule has 1 saturated heterocycles. The summed E-state index contributed by atoms with van der Waals surface area (Å²) >= 11 is 6.99. The van der Waals surface area contributed by atoms with E-state index in [2.05, 4.69) is 0 Å². The number of carbonyl (C=O) groups excluding carboxylic acids is 3. The van der Waals surface area contributed by atoms with Crippen LogP contribution in [0.5, 0.6) is 11.5 Å². The Morgan fingerprint density at radius 3 is 2.49 bits per heavy atom. The van der Waals surface area contributed by atoms with Gasteiger partial charge in [-0.15, -0.1) is 0 Å². The highest BCUT2D eigenvalue weighted by atomic mass is 35.5. The highest BCUT2D eigenvalue weighted by Crippen LogP contribution is 2.38. The van der Waals surface area contributed by atoms with Gasteiger partial charge >= 0.3 is 5.97 Å². The number of thioether (sulfide) groups is 1. The first-order valence-electron chi connectivity index (χ1n) is 11.3. The van der Waals surface area contributed by atoms with Crippen molar-refractivity contribution in [1.29, 1.82) is 0 Å². The van der Waals surface area contributed by atoms with Crippen molar-refractivity contribution in [2.45, 2.75) is 6.54 Å². The van der Waals surface area contributed by atoms with Crippen LogP contribution in [0.15, 0.2) is 89.8 Å². The summed E-state index contributed by atoms with van der Waals surface area (Å²) in [5.74, 6) is -0.678. The second-order valence-electron chi connectivity index (χ2n) is 8.15. The van der Waals surface area contributed by atoms with Crippen LogP contribution in [0.3, 0.4) is 0 Å². The first-order valence-corrected chi connectivity index (χ1v) is 12.5. The number of halogens is 1. The van der Waals surface area contributed by atoms with Crippen molar-refractivity contribution >= 4 is 57.3 Å². The molecule has 2 amide bonds. The molecule has 1 heterocycles. The SMILES string of the molecule is COc1cccc(/C=C2\SC(=O)N(Cc3cccc4ccccc34)C2=O)c1OC(=O)c1ccccc1Cl. The van der Waals surface area contributed by atoms with E-state index in [1.54, 1.807) is 42.5 Å². The van der Waals surface area contributed by atoms with E-state index < -0.39 is 11.9 Å². The number of carbonyl (C=O) groups is 3. The summed E-state index contributed by atoms with van der Waals surface area (Å²) in [6, 6.07) is 25.2. The maximum atomic E-state index is 13.3. The Hall–Kier alpha value is -4.07. The standard InChI is InChI=1S/C29H20ClNO5S/c1-35-24-15-7-10-19(26(24)36-28(33)22-13-4-5-14-23(22)30)16-25-27(32)31(29(34)37-25)17-20-11-6-9-18-8-2-3-12-21(18)20/h2-16H,17H2,1H3/b25-16-. The Kier molecular flexibility index (Phi) is 6.99. The van der Waals surface area contributed by atoms with Crippen LogP contribution in [0, 0.1) is 0 Å². The molecule has 1 fully saturated rings. The van der Waals surface area contributed by atoms with Crippen molar-refractivity contribution < 1.29 is 23.9 Å². The number of methoxy groups -OCH3 is 1. The fourth-order valence-corrected chi connectivity index (χ4v) is 5.11. The first-order chi connectivity index (χ1) is 18.0. The molecule has 0 saturated carbocycles. The third-order valence-electron chi connectivity index (χ3n) is 5.89. The Balaban J connectivity index is 1.45. The lowest BCUT2D eigenvalue weighted by atomic mass is 10.0. The van der Waals surface area contributed by atoms with Gasteiger partial charge in [-0.1, -0.05) is 78.3 Å². The monoisotopic (exact) mass is 529 g/mol. The van der Waals surface area contributed by atoms with Gasteiger partial charge in [-0.05, 0) is 52.4 Å². The zero-order valence-electron chi connectivity index (χ0n) is 19.6. The van der Waals surface area contributed by atoms with E-state index in [-0.39, 0.29) is 33.0 Å². The lowest BCUT2D eigenvalue weighted by Gasteiger charge is -2.14. The molecule has 4 aromatic carbocycles. The summed E-state index contributed by atoms with van der Waals surface area (Å²) < 4.78 is 11.1. The van der Waals surface area contributed by atoms with E-state index in [9.17, 15) is 14.4 Å². The molecular formula is C29H20ClNO5S. The van der Waals surface area contributed by atoms with Crippen LogP contribution in [0.2, 0.25) is 5.02 Å². The molecule has 1 aliphatic rings. The van der Waals surface area contributed by atoms with Crippen LogP contribution in [-0.2, 0) is 11.3 Å². The van der Waals surface area contributed by atoms with E-state index in [4.69, 9.17) is 21.1 Å². The molecule has 0 unspecified atom stereocenters. The number of ether oxygens (including phenoxy) is 2. The predicted molar refractivity (Wildman–Crippen MR) is 145 cm³/mol. The fourth-order valence-electron chi connectivity index (χ4n) is 4.07. The molecule has 5 rings (SSSR count). The lowest BCUT2D eigenvalue weighted by Crippen LogP contribution is -2.27. The number of benzene rings is 4. The second kappa shape index (κ2) is 10.5. The Morgan fingerprint density at radius 1 is 0.946 bits per heavy atom. The molecule has 0 aliphatic carbocycles. The van der Waals surface area contributed by atoms with Crippen molar-refractivity contribution in [2.24, 2.45) is 0 Å². The quantitative estimate of drug-likeness (QED) is 0.153. The zero-order valence-corrected chi connectivity index (χ0v) is 21.2. The summed E-state index contributed by atoms with van der Waals surface area (Å²) in [7, 11) is 1.45. The van der Waals surface area contributed by atoms with Crippen LogP contribution < -0.4 is 9.47 Å². The van der Waals surface area contributed by atoms with Gasteiger partial charge in [0.05, 0.1) is 29.1 Å². The van der Waals surface area contributed by atoms with Gasteiger partial charge in [-0.3, -0.25) is 14.5 Å². The Bertz CT molecular complexity index is 1580. The highest BCUT2D eigenvalue weighted by Gasteiger charge is 2.35. The van der Waals surface area contributed by atoms with Crippen LogP contribution in [0.1, 0.15) is 21.5 Å². The maximum absolute atomic E-state index is 13.3. The molecule has 37 heavy (non-hydrogen) atoms. The minimum absolute atomic E-state index is 0.121. The topological polar surface area (TPSA) is 72.9 Å². The fraction of sp³-hybridized carbons (Fsp3) is 0.0690. The molecule has 1 aliphatic heterocycles. The van der Waals surface area contributed by atoms with Gasteiger partial charge in [0.15, 0.2) is 11.5 Å². The van der Waals surface area contributed by atoms with Crippen LogP contribution in [0.4, 0.5) is 4.79 Å². The minimum Gasteiger partial charge on any atom is -0.493 e. The van der Waals surface area contributed by atoms with Crippen LogP contribution >= 0.6 is 23.4 Å². The molecule has 0 aromatic heterocycles. The zero-order chi connectivity index (χ0) is 25.9. The van der Waals surface area contributed by atoms with Gasteiger partial charge in [0.2, 0.25) is 0 Å². The van der Waals surface area contributed by atoms with Gasteiger partial charge in [0.25, 0.3) is 11.1 Å². The molecule has 0 spiro atoms. The van der Waals surface area contributed by atoms with Gasteiger partial charge in [-0.2, -0.15) is 0 Å². The molecule has 0 bridgehead atoms. The largest absolute Gasteiger partial charge is 0.493 e. The number of esters is 1. The summed E-state index contributed by atoms with van der Waals surface area (Å²) in [6.07, 6.45) is 1.53.